The van der Waals surface area contributed by atoms with E-state index < -0.39 is 5.41 Å². The van der Waals surface area contributed by atoms with Gasteiger partial charge in [0.15, 0.2) is 0 Å². The molecule has 1 aromatic rings. The standard InChI is InChI=1S/C15H21FN2O/c1-3-18(12-8-6-11(16)7-9-12)14(19)15(2)10-4-5-13(15)17/h6-9,13H,3-5,10,17H2,1-2H3. The predicted molar refractivity (Wildman–Crippen MR) is 74.4 cm³/mol. The average molecular weight is 264 g/mol. The first kappa shape index (κ1) is 14.0. The molecule has 2 atom stereocenters. The molecule has 0 heterocycles. The van der Waals surface area contributed by atoms with Crippen LogP contribution in [-0.2, 0) is 4.79 Å². The van der Waals surface area contributed by atoms with Crippen LogP contribution in [0.4, 0.5) is 10.1 Å². The highest BCUT2D eigenvalue weighted by Crippen LogP contribution is 2.39. The molecule has 104 valence electrons. The van der Waals surface area contributed by atoms with Crippen LogP contribution in [0.3, 0.4) is 0 Å². The van der Waals surface area contributed by atoms with Crippen LogP contribution in [0.1, 0.15) is 33.1 Å². The first-order valence-electron chi connectivity index (χ1n) is 6.82. The summed E-state index contributed by atoms with van der Waals surface area (Å²) in [6, 6.07) is 5.94. The van der Waals surface area contributed by atoms with Gasteiger partial charge in [-0.2, -0.15) is 0 Å². The lowest BCUT2D eigenvalue weighted by molar-refractivity contribution is -0.127. The molecular formula is C15H21FN2O. The van der Waals surface area contributed by atoms with Crippen LogP contribution < -0.4 is 10.6 Å². The lowest BCUT2D eigenvalue weighted by Crippen LogP contribution is -2.49. The highest BCUT2D eigenvalue weighted by Gasteiger charge is 2.45. The van der Waals surface area contributed by atoms with Gasteiger partial charge in [-0.1, -0.05) is 6.42 Å². The summed E-state index contributed by atoms with van der Waals surface area (Å²) in [7, 11) is 0. The van der Waals surface area contributed by atoms with Crippen molar-refractivity contribution >= 4 is 11.6 Å². The van der Waals surface area contributed by atoms with E-state index >= 15 is 0 Å². The smallest absolute Gasteiger partial charge is 0.234 e. The van der Waals surface area contributed by atoms with E-state index in [-0.39, 0.29) is 17.8 Å². The van der Waals surface area contributed by atoms with Gasteiger partial charge in [0, 0.05) is 18.3 Å². The molecule has 0 saturated heterocycles. The molecule has 1 aliphatic rings. The van der Waals surface area contributed by atoms with Crippen molar-refractivity contribution in [3.63, 3.8) is 0 Å². The number of halogens is 1. The first-order valence-corrected chi connectivity index (χ1v) is 6.82. The quantitative estimate of drug-likeness (QED) is 0.912. The Balaban J connectivity index is 2.27. The Morgan fingerprint density at radius 1 is 1.47 bits per heavy atom. The fourth-order valence-corrected chi connectivity index (χ4v) is 2.83. The number of hydrogen-bond acceptors (Lipinski definition) is 2. The molecule has 0 aliphatic heterocycles. The summed E-state index contributed by atoms with van der Waals surface area (Å²) >= 11 is 0. The maximum atomic E-state index is 13.0. The van der Waals surface area contributed by atoms with Crippen molar-refractivity contribution in [3.05, 3.63) is 30.1 Å². The number of nitrogens with two attached hydrogens (primary N) is 1. The fourth-order valence-electron chi connectivity index (χ4n) is 2.83. The summed E-state index contributed by atoms with van der Waals surface area (Å²) in [6.45, 7) is 4.43. The van der Waals surface area contributed by atoms with E-state index in [4.69, 9.17) is 5.73 Å². The van der Waals surface area contributed by atoms with Gasteiger partial charge >= 0.3 is 0 Å². The second-order valence-electron chi connectivity index (χ2n) is 5.44. The number of amides is 1. The molecule has 2 unspecified atom stereocenters. The minimum Gasteiger partial charge on any atom is -0.327 e. The summed E-state index contributed by atoms with van der Waals surface area (Å²) < 4.78 is 13.0. The summed E-state index contributed by atoms with van der Waals surface area (Å²) in [5.41, 5.74) is 6.34. The number of carbonyl (C=O) groups is 1. The van der Waals surface area contributed by atoms with Gasteiger partial charge < -0.3 is 10.6 Å². The molecule has 1 fully saturated rings. The molecule has 0 aromatic heterocycles. The third-order valence-corrected chi connectivity index (χ3v) is 4.22. The van der Waals surface area contributed by atoms with E-state index in [1.807, 2.05) is 13.8 Å². The Morgan fingerprint density at radius 2 is 2.11 bits per heavy atom. The molecule has 3 nitrogen and oxygen atoms in total. The van der Waals surface area contributed by atoms with Gasteiger partial charge in [-0.25, -0.2) is 4.39 Å². The van der Waals surface area contributed by atoms with E-state index in [0.29, 0.717) is 6.54 Å². The van der Waals surface area contributed by atoms with Crippen LogP contribution in [0.2, 0.25) is 0 Å². The molecule has 0 spiro atoms. The SMILES string of the molecule is CCN(C(=O)C1(C)CCCC1N)c1ccc(F)cc1. The Hall–Kier alpha value is -1.42. The molecule has 1 aliphatic carbocycles. The van der Waals surface area contributed by atoms with Gasteiger partial charge in [0.25, 0.3) is 0 Å². The van der Waals surface area contributed by atoms with E-state index in [0.717, 1.165) is 24.9 Å². The Labute approximate surface area is 113 Å². The third-order valence-electron chi connectivity index (χ3n) is 4.22. The zero-order valence-corrected chi connectivity index (χ0v) is 11.5. The third kappa shape index (κ3) is 2.50. The molecule has 2 rings (SSSR count). The number of rotatable bonds is 3. The second kappa shape index (κ2) is 5.29. The summed E-state index contributed by atoms with van der Waals surface area (Å²) in [6.07, 6.45) is 2.71. The molecule has 1 saturated carbocycles. The van der Waals surface area contributed by atoms with Gasteiger partial charge in [-0.3, -0.25) is 4.79 Å². The highest BCUT2D eigenvalue weighted by atomic mass is 19.1. The van der Waals surface area contributed by atoms with Crippen molar-refractivity contribution in [1.29, 1.82) is 0 Å². The normalized spacial score (nSPS) is 26.4. The molecular weight excluding hydrogens is 243 g/mol. The zero-order valence-electron chi connectivity index (χ0n) is 11.5. The maximum Gasteiger partial charge on any atom is 0.234 e. The summed E-state index contributed by atoms with van der Waals surface area (Å²) in [5, 5.41) is 0. The van der Waals surface area contributed by atoms with Crippen LogP contribution in [0, 0.1) is 11.2 Å². The maximum absolute atomic E-state index is 13.0. The summed E-state index contributed by atoms with van der Waals surface area (Å²) in [5.74, 6) is -0.248. The van der Waals surface area contributed by atoms with Crippen molar-refractivity contribution in [2.75, 3.05) is 11.4 Å². The number of nitrogens with zero attached hydrogens (tertiary/aromatic N) is 1. The van der Waals surface area contributed by atoms with Crippen molar-refractivity contribution in [2.24, 2.45) is 11.1 Å². The predicted octanol–water partition coefficient (Wildman–Crippen LogP) is 2.70. The van der Waals surface area contributed by atoms with Crippen LogP contribution in [0.15, 0.2) is 24.3 Å². The molecule has 4 heteroatoms. The van der Waals surface area contributed by atoms with Crippen LogP contribution >= 0.6 is 0 Å². The minimum atomic E-state index is -0.496. The largest absolute Gasteiger partial charge is 0.327 e. The van der Waals surface area contributed by atoms with Crippen LogP contribution in [-0.4, -0.2) is 18.5 Å². The molecule has 1 aromatic carbocycles. The monoisotopic (exact) mass is 264 g/mol. The van der Waals surface area contributed by atoms with E-state index in [1.165, 1.54) is 12.1 Å². The molecule has 0 radical (unpaired) electrons. The van der Waals surface area contributed by atoms with E-state index in [1.54, 1.807) is 17.0 Å². The topological polar surface area (TPSA) is 46.3 Å². The van der Waals surface area contributed by atoms with E-state index in [9.17, 15) is 9.18 Å². The van der Waals surface area contributed by atoms with Gasteiger partial charge in [0.1, 0.15) is 5.82 Å². The van der Waals surface area contributed by atoms with Crippen LogP contribution in [0.5, 0.6) is 0 Å². The van der Waals surface area contributed by atoms with E-state index in [2.05, 4.69) is 0 Å². The van der Waals surface area contributed by atoms with Crippen molar-refractivity contribution in [1.82, 2.24) is 0 Å². The van der Waals surface area contributed by atoms with Crippen LogP contribution in [0.25, 0.3) is 0 Å². The van der Waals surface area contributed by atoms with Crippen molar-refractivity contribution in [3.8, 4) is 0 Å². The number of anilines is 1. The zero-order chi connectivity index (χ0) is 14.0. The molecule has 19 heavy (non-hydrogen) atoms. The van der Waals surface area contributed by atoms with Gasteiger partial charge in [0.2, 0.25) is 5.91 Å². The van der Waals surface area contributed by atoms with Gasteiger partial charge in [-0.15, -0.1) is 0 Å². The molecule has 1 amide bonds. The van der Waals surface area contributed by atoms with Crippen molar-refractivity contribution in [2.45, 2.75) is 39.2 Å². The second-order valence-corrected chi connectivity index (χ2v) is 5.44. The van der Waals surface area contributed by atoms with Gasteiger partial charge in [0.05, 0.1) is 5.41 Å². The van der Waals surface area contributed by atoms with Crippen molar-refractivity contribution < 1.29 is 9.18 Å². The number of hydrogen-bond donors (Lipinski definition) is 1. The number of benzene rings is 1. The Bertz CT molecular complexity index is 460. The number of carbonyl (C=O) groups excluding carboxylic acids is 1. The molecule has 2 N–H and O–H groups in total. The lowest BCUT2D eigenvalue weighted by Gasteiger charge is -2.34. The first-order chi connectivity index (χ1) is 8.99. The summed E-state index contributed by atoms with van der Waals surface area (Å²) in [4.78, 5) is 14.4. The van der Waals surface area contributed by atoms with Gasteiger partial charge in [-0.05, 0) is 51.0 Å². The highest BCUT2D eigenvalue weighted by molar-refractivity contribution is 5.98. The average Bonchev–Trinajstić information content (AvgIpc) is 2.74. The minimum absolute atomic E-state index is 0.0478. The lowest BCUT2D eigenvalue weighted by atomic mass is 9.83. The molecule has 0 bridgehead atoms. The Kier molecular flexibility index (Phi) is 3.90. The fraction of sp³-hybridized carbons (Fsp3) is 0.533. The Morgan fingerprint density at radius 3 is 2.58 bits per heavy atom.